The van der Waals surface area contributed by atoms with Crippen LogP contribution in [0, 0.1) is 0 Å². The number of nitrogens with two attached hydrogens (primary N) is 1. The SMILES string of the molecule is CCCC(N)=O.[Ta]. The summed E-state index contributed by atoms with van der Waals surface area (Å²) in [6.07, 6.45) is 1.37. The molecule has 0 saturated heterocycles. The van der Waals surface area contributed by atoms with Crippen molar-refractivity contribution in [1.82, 2.24) is 0 Å². The van der Waals surface area contributed by atoms with Crippen molar-refractivity contribution < 1.29 is 27.2 Å². The van der Waals surface area contributed by atoms with Crippen molar-refractivity contribution in [2.45, 2.75) is 19.8 Å². The summed E-state index contributed by atoms with van der Waals surface area (Å²) in [4.78, 5) is 9.82. The number of amides is 1. The van der Waals surface area contributed by atoms with Gasteiger partial charge in [-0.1, -0.05) is 6.92 Å². The van der Waals surface area contributed by atoms with Crippen LogP contribution in [0.15, 0.2) is 0 Å². The van der Waals surface area contributed by atoms with Gasteiger partial charge < -0.3 is 5.73 Å². The number of rotatable bonds is 2. The number of carbonyl (C=O) groups excluding carboxylic acids is 1. The van der Waals surface area contributed by atoms with E-state index in [-0.39, 0.29) is 28.3 Å². The van der Waals surface area contributed by atoms with Gasteiger partial charge in [0.2, 0.25) is 5.91 Å². The van der Waals surface area contributed by atoms with Gasteiger partial charge in [0.1, 0.15) is 0 Å². The maximum absolute atomic E-state index is 9.82. The van der Waals surface area contributed by atoms with Gasteiger partial charge >= 0.3 is 0 Å². The molecule has 0 aromatic rings. The summed E-state index contributed by atoms with van der Waals surface area (Å²) in [5.41, 5.74) is 4.76. The molecular formula is C4H9NOTa. The van der Waals surface area contributed by atoms with Crippen molar-refractivity contribution in [2.24, 2.45) is 5.73 Å². The molecule has 0 aliphatic rings. The van der Waals surface area contributed by atoms with Gasteiger partial charge in [0.05, 0.1) is 0 Å². The maximum Gasteiger partial charge on any atom is 0.217 e. The van der Waals surface area contributed by atoms with Gasteiger partial charge in [-0.25, -0.2) is 0 Å². The van der Waals surface area contributed by atoms with Crippen molar-refractivity contribution in [3.05, 3.63) is 0 Å². The van der Waals surface area contributed by atoms with Gasteiger partial charge in [0.25, 0.3) is 0 Å². The standard InChI is InChI=1S/C4H9NO.Ta/c1-2-3-4(5)6;/h2-3H2,1H3,(H2,5,6);. The molecule has 0 aromatic heterocycles. The van der Waals surface area contributed by atoms with Gasteiger partial charge in [0.15, 0.2) is 0 Å². The minimum absolute atomic E-state index is 0. The molecule has 0 fully saturated rings. The Morgan fingerprint density at radius 3 is 2.14 bits per heavy atom. The summed E-state index contributed by atoms with van der Waals surface area (Å²) in [5.74, 6) is -0.211. The number of carbonyl (C=O) groups is 1. The number of primary amides is 1. The van der Waals surface area contributed by atoms with Crippen LogP contribution in [-0.4, -0.2) is 5.91 Å². The molecule has 0 aliphatic heterocycles. The van der Waals surface area contributed by atoms with Crippen molar-refractivity contribution in [3.8, 4) is 0 Å². The Hall–Kier alpha value is 0.210. The average molecular weight is 268 g/mol. The van der Waals surface area contributed by atoms with Crippen molar-refractivity contribution in [2.75, 3.05) is 0 Å². The monoisotopic (exact) mass is 268 g/mol. The second-order valence-electron chi connectivity index (χ2n) is 1.22. The van der Waals surface area contributed by atoms with Gasteiger partial charge in [-0.2, -0.15) is 0 Å². The Morgan fingerprint density at radius 1 is 1.71 bits per heavy atom. The largest absolute Gasteiger partial charge is 0.370 e. The van der Waals surface area contributed by atoms with E-state index in [1.807, 2.05) is 6.92 Å². The molecule has 0 saturated carbocycles. The van der Waals surface area contributed by atoms with E-state index in [1.54, 1.807) is 0 Å². The van der Waals surface area contributed by atoms with Gasteiger partial charge in [-0.15, -0.1) is 0 Å². The fraction of sp³-hybridized carbons (Fsp3) is 0.750. The summed E-state index contributed by atoms with van der Waals surface area (Å²) in [6.45, 7) is 1.92. The zero-order chi connectivity index (χ0) is 4.99. The summed E-state index contributed by atoms with van der Waals surface area (Å²) in [6, 6.07) is 0. The van der Waals surface area contributed by atoms with Crippen LogP contribution in [0.3, 0.4) is 0 Å². The molecule has 0 bridgehead atoms. The van der Waals surface area contributed by atoms with E-state index in [2.05, 4.69) is 0 Å². The first kappa shape index (κ1) is 10.2. The molecule has 0 unspecified atom stereocenters. The Bertz CT molecular complexity index is 55.7. The smallest absolute Gasteiger partial charge is 0.217 e. The first-order valence-corrected chi connectivity index (χ1v) is 2.05. The summed E-state index contributed by atoms with van der Waals surface area (Å²) in [5, 5.41) is 0. The van der Waals surface area contributed by atoms with E-state index in [9.17, 15) is 4.79 Å². The first-order chi connectivity index (χ1) is 2.77. The molecule has 0 aromatic carbocycles. The summed E-state index contributed by atoms with van der Waals surface area (Å²) in [7, 11) is 0. The molecule has 41 valence electrons. The van der Waals surface area contributed by atoms with Crippen molar-refractivity contribution in [1.29, 1.82) is 0 Å². The third-order valence-corrected chi connectivity index (χ3v) is 0.496. The minimum atomic E-state index is -0.211. The van der Waals surface area contributed by atoms with Gasteiger partial charge in [-0.05, 0) is 6.42 Å². The Morgan fingerprint density at radius 2 is 2.14 bits per heavy atom. The molecule has 2 nitrogen and oxygen atoms in total. The third-order valence-electron chi connectivity index (χ3n) is 0.496. The second kappa shape index (κ2) is 6.21. The molecule has 2 N–H and O–H groups in total. The number of hydrogen-bond donors (Lipinski definition) is 1. The molecular weight excluding hydrogens is 259 g/mol. The third kappa shape index (κ3) is 10.7. The molecule has 0 spiro atoms. The Kier molecular flexibility index (Phi) is 9.09. The average Bonchev–Trinajstić information content (AvgIpc) is 1.35. The van der Waals surface area contributed by atoms with Crippen LogP contribution in [-0.2, 0) is 27.2 Å². The molecule has 0 atom stereocenters. The van der Waals surface area contributed by atoms with E-state index in [1.165, 1.54) is 0 Å². The first-order valence-electron chi connectivity index (χ1n) is 2.05. The fourth-order valence-corrected chi connectivity index (χ4v) is 0.246. The fourth-order valence-electron chi connectivity index (χ4n) is 0.246. The quantitative estimate of drug-likeness (QED) is 0.767. The second-order valence-corrected chi connectivity index (χ2v) is 1.22. The van der Waals surface area contributed by atoms with E-state index < -0.39 is 0 Å². The van der Waals surface area contributed by atoms with Crippen LogP contribution in [0.5, 0.6) is 0 Å². The van der Waals surface area contributed by atoms with Crippen LogP contribution in [0.2, 0.25) is 0 Å². The minimum Gasteiger partial charge on any atom is -0.370 e. The van der Waals surface area contributed by atoms with E-state index in [0.29, 0.717) is 6.42 Å². The Labute approximate surface area is 59.0 Å². The van der Waals surface area contributed by atoms with Crippen molar-refractivity contribution in [3.63, 3.8) is 0 Å². The van der Waals surface area contributed by atoms with E-state index in [4.69, 9.17) is 5.73 Å². The normalized spacial score (nSPS) is 7.00. The molecule has 0 rings (SSSR count). The predicted molar refractivity (Wildman–Crippen MR) is 24.1 cm³/mol. The van der Waals surface area contributed by atoms with Crippen LogP contribution < -0.4 is 5.73 Å². The number of hydrogen-bond acceptors (Lipinski definition) is 1. The van der Waals surface area contributed by atoms with Gasteiger partial charge in [0, 0.05) is 28.8 Å². The molecule has 7 heavy (non-hydrogen) atoms. The summed E-state index contributed by atoms with van der Waals surface area (Å²) >= 11 is 0. The van der Waals surface area contributed by atoms with E-state index >= 15 is 0 Å². The molecule has 3 heteroatoms. The molecule has 0 aliphatic carbocycles. The Balaban J connectivity index is 0. The van der Waals surface area contributed by atoms with Crippen molar-refractivity contribution >= 4 is 5.91 Å². The summed E-state index contributed by atoms with van der Waals surface area (Å²) < 4.78 is 0. The molecule has 0 heterocycles. The zero-order valence-electron chi connectivity index (χ0n) is 4.35. The topological polar surface area (TPSA) is 43.1 Å². The molecule has 1 amide bonds. The van der Waals surface area contributed by atoms with Gasteiger partial charge in [-0.3, -0.25) is 4.79 Å². The van der Waals surface area contributed by atoms with Crippen LogP contribution >= 0.6 is 0 Å². The maximum atomic E-state index is 9.82. The van der Waals surface area contributed by atoms with Crippen LogP contribution in [0.25, 0.3) is 0 Å². The van der Waals surface area contributed by atoms with Crippen LogP contribution in [0.1, 0.15) is 19.8 Å². The predicted octanol–water partition coefficient (Wildman–Crippen LogP) is 0.269. The van der Waals surface area contributed by atoms with Crippen LogP contribution in [0.4, 0.5) is 0 Å². The molecule has 1 radical (unpaired) electrons. The van der Waals surface area contributed by atoms with E-state index in [0.717, 1.165) is 6.42 Å². The zero-order valence-corrected chi connectivity index (χ0v) is 7.56.